The number of hydrogen-bond acceptors (Lipinski definition) is 3. The predicted molar refractivity (Wildman–Crippen MR) is 90.5 cm³/mol. The van der Waals surface area contributed by atoms with Gasteiger partial charge in [0, 0.05) is 17.0 Å². The number of hydrogen-bond donors (Lipinski definition) is 0. The number of halogens is 2. The Balaban J connectivity index is 1.87. The van der Waals surface area contributed by atoms with Gasteiger partial charge in [-0.15, -0.1) is 0 Å². The third-order valence-electron chi connectivity index (χ3n) is 3.66. The van der Waals surface area contributed by atoms with Crippen LogP contribution in [0.15, 0.2) is 64.3 Å². The molecular formula is C18H10F2N2OS. The molecule has 118 valence electrons. The van der Waals surface area contributed by atoms with Gasteiger partial charge >= 0.3 is 0 Å². The van der Waals surface area contributed by atoms with E-state index in [1.165, 1.54) is 11.3 Å². The fourth-order valence-corrected chi connectivity index (χ4v) is 3.30. The standard InChI is InChI=1S/C18H10F2N2OS/c19-11-7-12(20)9-13(8-11)21-17-15-3-1-2-4-16(15)22(18(17)23)14-5-6-24-10-14/h1-10H. The second kappa shape index (κ2) is 5.65. The highest BCUT2D eigenvalue weighted by atomic mass is 32.1. The maximum absolute atomic E-state index is 13.4. The van der Waals surface area contributed by atoms with Gasteiger partial charge in [0.25, 0.3) is 5.91 Å². The Bertz CT molecular complexity index is 947. The van der Waals surface area contributed by atoms with Crippen molar-refractivity contribution in [1.82, 2.24) is 0 Å². The molecule has 2 heterocycles. The zero-order valence-electron chi connectivity index (χ0n) is 12.2. The molecule has 4 rings (SSSR count). The minimum atomic E-state index is -0.734. The van der Waals surface area contributed by atoms with Gasteiger partial charge in [0.15, 0.2) is 0 Å². The number of anilines is 2. The van der Waals surface area contributed by atoms with Crippen molar-refractivity contribution < 1.29 is 13.6 Å². The first-order valence-corrected chi connectivity index (χ1v) is 8.08. The van der Waals surface area contributed by atoms with E-state index >= 15 is 0 Å². The number of rotatable bonds is 2. The average Bonchev–Trinajstić information content (AvgIpc) is 3.14. The molecule has 0 atom stereocenters. The van der Waals surface area contributed by atoms with E-state index in [1.54, 1.807) is 17.0 Å². The molecule has 0 radical (unpaired) electrons. The van der Waals surface area contributed by atoms with Crippen molar-refractivity contribution in [3.05, 3.63) is 76.5 Å². The van der Waals surface area contributed by atoms with Crippen LogP contribution in [-0.4, -0.2) is 11.6 Å². The summed E-state index contributed by atoms with van der Waals surface area (Å²) >= 11 is 1.48. The molecule has 1 aliphatic rings. The zero-order chi connectivity index (χ0) is 16.7. The van der Waals surface area contributed by atoms with Crippen LogP contribution in [0.2, 0.25) is 0 Å². The third kappa shape index (κ3) is 2.41. The van der Waals surface area contributed by atoms with Crippen LogP contribution in [0.25, 0.3) is 0 Å². The van der Waals surface area contributed by atoms with Crippen LogP contribution in [0.4, 0.5) is 25.8 Å². The lowest BCUT2D eigenvalue weighted by molar-refractivity contribution is -0.111. The van der Waals surface area contributed by atoms with Crippen LogP contribution in [0, 0.1) is 11.6 Å². The Kier molecular flexibility index (Phi) is 3.46. The average molecular weight is 340 g/mol. The van der Waals surface area contributed by atoms with Crippen molar-refractivity contribution in [3.63, 3.8) is 0 Å². The van der Waals surface area contributed by atoms with Crippen molar-refractivity contribution in [2.45, 2.75) is 0 Å². The minimum Gasteiger partial charge on any atom is -0.274 e. The lowest BCUT2D eigenvalue weighted by Crippen LogP contribution is -2.24. The van der Waals surface area contributed by atoms with Crippen molar-refractivity contribution in [1.29, 1.82) is 0 Å². The maximum Gasteiger partial charge on any atom is 0.282 e. The number of thiophene rings is 1. The van der Waals surface area contributed by atoms with Crippen molar-refractivity contribution >= 4 is 40.0 Å². The highest BCUT2D eigenvalue weighted by Gasteiger charge is 2.34. The zero-order valence-corrected chi connectivity index (χ0v) is 13.1. The molecule has 3 aromatic rings. The molecule has 0 N–H and O–H groups in total. The number of para-hydroxylation sites is 1. The monoisotopic (exact) mass is 340 g/mol. The third-order valence-corrected chi connectivity index (χ3v) is 4.33. The highest BCUT2D eigenvalue weighted by molar-refractivity contribution is 7.08. The van der Waals surface area contributed by atoms with Gasteiger partial charge in [-0.3, -0.25) is 9.69 Å². The first-order chi connectivity index (χ1) is 11.6. The summed E-state index contributed by atoms with van der Waals surface area (Å²) < 4.78 is 26.8. The van der Waals surface area contributed by atoms with Gasteiger partial charge in [-0.05, 0) is 29.6 Å². The summed E-state index contributed by atoms with van der Waals surface area (Å²) in [6.45, 7) is 0. The summed E-state index contributed by atoms with van der Waals surface area (Å²) in [7, 11) is 0. The first kappa shape index (κ1) is 14.7. The fraction of sp³-hybridized carbons (Fsp3) is 0. The topological polar surface area (TPSA) is 32.7 Å². The number of carbonyl (C=O) groups is 1. The van der Waals surface area contributed by atoms with E-state index in [-0.39, 0.29) is 17.3 Å². The molecular weight excluding hydrogens is 330 g/mol. The van der Waals surface area contributed by atoms with E-state index in [0.717, 1.165) is 23.9 Å². The summed E-state index contributed by atoms with van der Waals surface area (Å²) in [5, 5.41) is 3.74. The number of aliphatic imine (C=N–C) groups is 1. The molecule has 2 aromatic carbocycles. The molecule has 0 bridgehead atoms. The number of benzene rings is 2. The van der Waals surface area contributed by atoms with Gasteiger partial charge in [-0.2, -0.15) is 11.3 Å². The normalized spacial score (nSPS) is 15.2. The lowest BCUT2D eigenvalue weighted by atomic mass is 10.1. The summed E-state index contributed by atoms with van der Waals surface area (Å²) in [6, 6.07) is 12.0. The molecule has 0 saturated carbocycles. The van der Waals surface area contributed by atoms with E-state index in [4.69, 9.17) is 0 Å². The molecule has 0 saturated heterocycles. The summed E-state index contributed by atoms with van der Waals surface area (Å²) in [5.41, 5.74) is 2.32. The molecule has 24 heavy (non-hydrogen) atoms. The smallest absolute Gasteiger partial charge is 0.274 e. The molecule has 0 spiro atoms. The van der Waals surface area contributed by atoms with Crippen LogP contribution in [0.5, 0.6) is 0 Å². The highest BCUT2D eigenvalue weighted by Crippen LogP contribution is 2.37. The van der Waals surface area contributed by atoms with E-state index in [0.29, 0.717) is 11.3 Å². The summed E-state index contributed by atoms with van der Waals surface area (Å²) in [4.78, 5) is 18.6. The second-order valence-electron chi connectivity index (χ2n) is 5.23. The van der Waals surface area contributed by atoms with Crippen molar-refractivity contribution in [3.8, 4) is 0 Å². The van der Waals surface area contributed by atoms with E-state index in [1.807, 2.05) is 29.0 Å². The van der Waals surface area contributed by atoms with Gasteiger partial charge in [0.1, 0.15) is 17.3 Å². The van der Waals surface area contributed by atoms with Crippen LogP contribution >= 0.6 is 11.3 Å². The second-order valence-corrected chi connectivity index (χ2v) is 6.01. The first-order valence-electron chi connectivity index (χ1n) is 7.14. The molecule has 0 fully saturated rings. The summed E-state index contributed by atoms with van der Waals surface area (Å²) in [6.07, 6.45) is 0. The van der Waals surface area contributed by atoms with Gasteiger partial charge in [-0.25, -0.2) is 13.8 Å². The Morgan fingerprint density at radius 2 is 1.75 bits per heavy atom. The van der Waals surface area contributed by atoms with E-state index in [9.17, 15) is 13.6 Å². The molecule has 1 amide bonds. The molecule has 6 heteroatoms. The van der Waals surface area contributed by atoms with Crippen LogP contribution in [0.1, 0.15) is 5.56 Å². The Morgan fingerprint density at radius 1 is 1.00 bits per heavy atom. The van der Waals surface area contributed by atoms with Crippen molar-refractivity contribution in [2.24, 2.45) is 4.99 Å². The number of nitrogens with zero attached hydrogens (tertiary/aromatic N) is 2. The Hall–Kier alpha value is -2.86. The molecule has 0 unspecified atom stereocenters. The van der Waals surface area contributed by atoms with Crippen molar-refractivity contribution in [2.75, 3.05) is 4.90 Å². The number of carbonyl (C=O) groups excluding carboxylic acids is 1. The van der Waals surface area contributed by atoms with Crippen LogP contribution < -0.4 is 4.90 Å². The van der Waals surface area contributed by atoms with Crippen LogP contribution in [0.3, 0.4) is 0 Å². The molecule has 3 nitrogen and oxygen atoms in total. The summed E-state index contributed by atoms with van der Waals surface area (Å²) in [5.74, 6) is -1.79. The predicted octanol–water partition coefficient (Wildman–Crippen LogP) is 4.83. The van der Waals surface area contributed by atoms with Gasteiger partial charge in [0.2, 0.25) is 0 Å². The number of amides is 1. The van der Waals surface area contributed by atoms with E-state index < -0.39 is 11.6 Å². The van der Waals surface area contributed by atoms with E-state index in [2.05, 4.69) is 4.99 Å². The molecule has 1 aliphatic heterocycles. The fourth-order valence-electron chi connectivity index (χ4n) is 2.68. The van der Waals surface area contributed by atoms with Crippen LogP contribution in [-0.2, 0) is 4.79 Å². The van der Waals surface area contributed by atoms with Gasteiger partial charge in [0.05, 0.1) is 17.1 Å². The Morgan fingerprint density at radius 3 is 2.46 bits per heavy atom. The largest absolute Gasteiger partial charge is 0.282 e. The maximum atomic E-state index is 13.4. The molecule has 1 aromatic heterocycles. The van der Waals surface area contributed by atoms with Gasteiger partial charge < -0.3 is 0 Å². The molecule has 0 aliphatic carbocycles. The Labute approximate surface area is 140 Å². The quantitative estimate of drug-likeness (QED) is 0.658. The minimum absolute atomic E-state index is 0.0674. The van der Waals surface area contributed by atoms with Gasteiger partial charge in [-0.1, -0.05) is 18.2 Å². The number of fused-ring (bicyclic) bond motifs is 1. The lowest BCUT2D eigenvalue weighted by Gasteiger charge is -2.14. The SMILES string of the molecule is O=C1C(=Nc2cc(F)cc(F)c2)c2ccccc2N1c1ccsc1.